The summed E-state index contributed by atoms with van der Waals surface area (Å²) in [5.41, 5.74) is 24.3. The van der Waals surface area contributed by atoms with Gasteiger partial charge in [0.15, 0.2) is 0 Å². The monoisotopic (exact) mass is 593 g/mol. The molecule has 13 nitrogen and oxygen atoms in total. The number of amides is 2. The molecular weight excluding hydrogens is 562 g/mol. The van der Waals surface area contributed by atoms with Crippen molar-refractivity contribution >= 4 is 68.9 Å². The molecule has 7 rings (SSSR count). The molecule has 0 fully saturated rings. The number of ether oxygens (including phenoxy) is 2. The van der Waals surface area contributed by atoms with Crippen LogP contribution in [-0.2, 0) is 9.59 Å². The summed E-state index contributed by atoms with van der Waals surface area (Å²) < 4.78 is 10.5. The predicted molar refractivity (Wildman–Crippen MR) is 173 cm³/mol. The number of nitrogens with zero attached hydrogens (tertiary/aromatic N) is 1. The average Bonchev–Trinajstić information content (AvgIpc) is 3.84. The van der Waals surface area contributed by atoms with Gasteiger partial charge in [0.1, 0.15) is 11.5 Å². The van der Waals surface area contributed by atoms with Crippen molar-refractivity contribution in [1.29, 1.82) is 0 Å². The number of nitrogen functional groups attached to an aromatic ring is 2. The summed E-state index contributed by atoms with van der Waals surface area (Å²) >= 11 is 0. The highest BCUT2D eigenvalue weighted by Crippen LogP contribution is 2.41. The number of nitrogens with one attached hydrogen (secondary N) is 5. The molecule has 0 atom stereocenters. The van der Waals surface area contributed by atoms with Crippen LogP contribution in [0.1, 0.15) is 22.5 Å². The topological polar surface area (TPSA) is 215 Å². The number of nitrogens with two attached hydrogens (primary N) is 3. The smallest absolute Gasteiger partial charge is 0.256 e. The first-order chi connectivity index (χ1) is 21.3. The number of aromatic amines is 3. The molecule has 5 heterocycles. The van der Waals surface area contributed by atoms with Gasteiger partial charge < -0.3 is 52.3 Å². The van der Waals surface area contributed by atoms with E-state index in [9.17, 15) is 9.59 Å². The molecule has 13 heteroatoms. The van der Waals surface area contributed by atoms with Gasteiger partial charge in [-0.25, -0.2) is 4.98 Å². The van der Waals surface area contributed by atoms with Crippen LogP contribution in [-0.4, -0.2) is 46.0 Å². The molecule has 2 aliphatic heterocycles. The fourth-order valence-corrected chi connectivity index (χ4v) is 4.90. The maximum absolute atomic E-state index is 12.3. The third-order valence-corrected chi connectivity index (χ3v) is 6.89. The molecule has 0 saturated carbocycles. The summed E-state index contributed by atoms with van der Waals surface area (Å²) in [6.45, 7) is 3.14. The molecule has 5 aromatic rings. The van der Waals surface area contributed by atoms with E-state index >= 15 is 0 Å². The zero-order valence-electron chi connectivity index (χ0n) is 23.9. The summed E-state index contributed by atoms with van der Waals surface area (Å²) in [5, 5.41) is 5.63. The van der Waals surface area contributed by atoms with Crippen molar-refractivity contribution in [3.05, 3.63) is 90.4 Å². The van der Waals surface area contributed by atoms with E-state index in [1.54, 1.807) is 63.3 Å². The first-order valence-corrected chi connectivity index (χ1v) is 13.3. The van der Waals surface area contributed by atoms with E-state index < -0.39 is 0 Å². The van der Waals surface area contributed by atoms with Gasteiger partial charge in [-0.1, -0.05) is 6.58 Å². The molecule has 0 unspecified atom stereocenters. The second-order valence-corrected chi connectivity index (χ2v) is 9.46. The van der Waals surface area contributed by atoms with Crippen LogP contribution in [0.5, 0.6) is 11.5 Å². The van der Waals surface area contributed by atoms with Gasteiger partial charge in [-0.2, -0.15) is 0 Å². The molecule has 0 saturated heterocycles. The Bertz CT molecular complexity index is 1940. The van der Waals surface area contributed by atoms with E-state index in [-0.39, 0.29) is 11.8 Å². The largest absolute Gasteiger partial charge is 0.495 e. The number of imidazole rings is 1. The van der Waals surface area contributed by atoms with Gasteiger partial charge in [-0.3, -0.25) is 9.59 Å². The van der Waals surface area contributed by atoms with Crippen molar-refractivity contribution in [2.24, 2.45) is 5.73 Å². The highest BCUT2D eigenvalue weighted by Gasteiger charge is 2.29. The normalized spacial score (nSPS) is 14.6. The molecule has 0 spiro atoms. The van der Waals surface area contributed by atoms with E-state index in [1.807, 2.05) is 18.2 Å². The van der Waals surface area contributed by atoms with Gasteiger partial charge in [0.2, 0.25) is 0 Å². The number of rotatable bonds is 4. The van der Waals surface area contributed by atoms with Crippen molar-refractivity contribution in [1.82, 2.24) is 19.9 Å². The van der Waals surface area contributed by atoms with Gasteiger partial charge in [-0.05, 0) is 54.8 Å². The third kappa shape index (κ3) is 5.32. The van der Waals surface area contributed by atoms with E-state index in [2.05, 4.69) is 42.9 Å². The summed E-state index contributed by atoms with van der Waals surface area (Å²) in [5.74, 6) is 0.991. The van der Waals surface area contributed by atoms with Crippen molar-refractivity contribution in [3.8, 4) is 11.5 Å². The lowest BCUT2D eigenvalue weighted by Gasteiger charge is -2.06. The molecule has 3 aromatic heterocycles. The van der Waals surface area contributed by atoms with Crippen LogP contribution < -0.4 is 37.3 Å². The minimum Gasteiger partial charge on any atom is -0.495 e. The third-order valence-electron chi connectivity index (χ3n) is 6.89. The Morgan fingerprint density at radius 2 is 1.30 bits per heavy atom. The van der Waals surface area contributed by atoms with Crippen LogP contribution in [0.2, 0.25) is 0 Å². The predicted octanol–water partition coefficient (Wildman–Crippen LogP) is 4.16. The molecule has 44 heavy (non-hydrogen) atoms. The van der Waals surface area contributed by atoms with Crippen molar-refractivity contribution < 1.29 is 19.1 Å². The Morgan fingerprint density at radius 3 is 1.86 bits per heavy atom. The highest BCUT2D eigenvalue weighted by molar-refractivity contribution is 6.37. The molecule has 224 valence electrons. The van der Waals surface area contributed by atoms with E-state index in [4.69, 9.17) is 20.9 Å². The molecule has 0 aliphatic carbocycles. The van der Waals surface area contributed by atoms with Gasteiger partial charge in [0.05, 0.1) is 76.9 Å². The minimum absolute atomic E-state index is 0.142. The second kappa shape index (κ2) is 12.2. The first kappa shape index (κ1) is 29.1. The van der Waals surface area contributed by atoms with Gasteiger partial charge in [-0.15, -0.1) is 0 Å². The SMILES string of the molecule is C=CN.COc1cc[nH]c1/C=C1\C(=O)Nc2ccc(N)c(N)c21.COc1cc[nH]c1/C=C1\C(=O)Nc2ccc3[nH]cnc3c21. The molecule has 2 aromatic carbocycles. The molecule has 2 amide bonds. The zero-order valence-corrected chi connectivity index (χ0v) is 23.9. The van der Waals surface area contributed by atoms with Crippen LogP contribution in [0, 0.1) is 0 Å². The molecule has 2 aliphatic rings. The lowest BCUT2D eigenvalue weighted by Crippen LogP contribution is -2.03. The van der Waals surface area contributed by atoms with Crippen molar-refractivity contribution in [3.63, 3.8) is 0 Å². The molecule has 0 bridgehead atoms. The van der Waals surface area contributed by atoms with Crippen LogP contribution in [0.25, 0.3) is 34.3 Å². The van der Waals surface area contributed by atoms with Crippen LogP contribution in [0.15, 0.2) is 67.9 Å². The van der Waals surface area contributed by atoms with E-state index in [0.717, 1.165) is 28.0 Å². The zero-order chi connectivity index (χ0) is 31.4. The number of hydrogen-bond donors (Lipinski definition) is 8. The molecule has 0 radical (unpaired) electrons. The Balaban J connectivity index is 0.000000161. The van der Waals surface area contributed by atoms with Gasteiger partial charge in [0, 0.05) is 23.5 Å². The Morgan fingerprint density at radius 1 is 0.773 bits per heavy atom. The lowest BCUT2D eigenvalue weighted by molar-refractivity contribution is -0.111. The highest BCUT2D eigenvalue weighted by atomic mass is 16.5. The number of benzene rings is 2. The maximum atomic E-state index is 12.3. The summed E-state index contributed by atoms with van der Waals surface area (Å²) in [6, 6.07) is 10.8. The van der Waals surface area contributed by atoms with E-state index in [0.29, 0.717) is 51.0 Å². The van der Waals surface area contributed by atoms with Crippen LogP contribution >= 0.6 is 0 Å². The maximum Gasteiger partial charge on any atom is 0.256 e. The lowest BCUT2D eigenvalue weighted by atomic mass is 10.0. The average molecular weight is 594 g/mol. The number of hydrogen-bond acceptors (Lipinski definition) is 8. The standard InChI is InChI=1S/C15H12N4O2.C14H14N4O2.C2H5N/c1-21-12-4-5-16-11(12)6-8-13-9(19-15(8)20)2-3-10-14(13)18-7-17-10;1-20-11-4-5-17-10(11)6-7-12-9(18-14(7)19)3-2-8(15)13(12)16;1-2-3/h2-7,16H,1H3,(H,17,18)(H,19,20);2-6,17H,15-16H2,1H3,(H,18,19);2H,1,3H2/b8-6-;7-6-;. The fraction of sp³-hybridized carbons (Fsp3) is 0.0645. The number of fused-ring (bicyclic) bond motifs is 4. The second-order valence-electron chi connectivity index (χ2n) is 9.46. The number of anilines is 4. The van der Waals surface area contributed by atoms with Crippen LogP contribution in [0.4, 0.5) is 22.7 Å². The molecule has 11 N–H and O–H groups in total. The summed E-state index contributed by atoms with van der Waals surface area (Å²) in [7, 11) is 3.17. The Labute approximate surface area is 251 Å². The number of carbonyl (C=O) groups is 2. The Hall–Kier alpha value is -6.37. The van der Waals surface area contributed by atoms with Crippen LogP contribution in [0.3, 0.4) is 0 Å². The van der Waals surface area contributed by atoms with Crippen molar-refractivity contribution in [2.45, 2.75) is 0 Å². The minimum atomic E-state index is -0.214. The molecular formula is C31H31N9O4. The fourth-order valence-electron chi connectivity index (χ4n) is 4.90. The van der Waals surface area contributed by atoms with Crippen molar-refractivity contribution in [2.75, 3.05) is 36.3 Å². The first-order valence-electron chi connectivity index (χ1n) is 13.3. The quantitative estimate of drug-likeness (QED) is 0.112. The van der Waals surface area contributed by atoms with E-state index in [1.165, 1.54) is 6.20 Å². The number of H-pyrrole nitrogens is 3. The summed E-state index contributed by atoms with van der Waals surface area (Å²) in [6.07, 6.45) is 9.88. The number of carbonyl (C=O) groups excluding carboxylic acids is 2. The number of aromatic nitrogens is 4. The van der Waals surface area contributed by atoms with Gasteiger partial charge in [0.25, 0.3) is 11.8 Å². The number of methoxy groups -OCH3 is 2. The summed E-state index contributed by atoms with van der Waals surface area (Å²) in [4.78, 5) is 37.8. The Kier molecular flexibility index (Phi) is 8.11. The van der Waals surface area contributed by atoms with Gasteiger partial charge >= 0.3 is 0 Å².